The molecule has 0 bridgehead atoms. The fraction of sp³-hybridized carbons (Fsp3) is 0.211. The topological polar surface area (TPSA) is 69.0 Å². The van der Waals surface area contributed by atoms with Gasteiger partial charge in [0.25, 0.3) is 5.91 Å². The SMILES string of the molecule is Cc1nn(-c2ccccc2)nc1C(=O)NCc1ccc(OCC(F)(F)F)cc1. The molecule has 0 aliphatic heterocycles. The van der Waals surface area contributed by atoms with E-state index in [2.05, 4.69) is 20.3 Å². The molecular formula is C19H17F3N4O2. The van der Waals surface area contributed by atoms with Crippen LogP contribution < -0.4 is 10.1 Å². The standard InChI is InChI=1S/C19H17F3N4O2/c1-13-17(25-26(24-13)15-5-3-2-4-6-15)18(27)23-11-14-7-9-16(10-8-14)28-12-19(20,21)22/h2-10H,11-12H2,1H3,(H,23,27). The Hall–Kier alpha value is -3.36. The zero-order chi connectivity index (χ0) is 20.1. The van der Waals surface area contributed by atoms with E-state index in [-0.39, 0.29) is 18.0 Å². The molecule has 1 heterocycles. The van der Waals surface area contributed by atoms with Crippen LogP contribution in [0.15, 0.2) is 54.6 Å². The number of hydrogen-bond acceptors (Lipinski definition) is 4. The lowest BCUT2D eigenvalue weighted by atomic mass is 10.2. The van der Waals surface area contributed by atoms with Crippen LogP contribution in [0, 0.1) is 6.92 Å². The van der Waals surface area contributed by atoms with Gasteiger partial charge < -0.3 is 10.1 Å². The van der Waals surface area contributed by atoms with E-state index in [9.17, 15) is 18.0 Å². The van der Waals surface area contributed by atoms with Crippen LogP contribution in [0.4, 0.5) is 13.2 Å². The summed E-state index contributed by atoms with van der Waals surface area (Å²) in [6.45, 7) is 0.531. The van der Waals surface area contributed by atoms with Crippen molar-refractivity contribution < 1.29 is 22.7 Å². The first-order chi connectivity index (χ1) is 13.3. The van der Waals surface area contributed by atoms with Gasteiger partial charge in [0.15, 0.2) is 12.3 Å². The van der Waals surface area contributed by atoms with Crippen molar-refractivity contribution in [2.24, 2.45) is 0 Å². The third-order valence-electron chi connectivity index (χ3n) is 3.76. The van der Waals surface area contributed by atoms with E-state index in [0.29, 0.717) is 11.3 Å². The number of halogens is 3. The van der Waals surface area contributed by atoms with E-state index in [0.717, 1.165) is 5.69 Å². The third-order valence-corrected chi connectivity index (χ3v) is 3.76. The maximum absolute atomic E-state index is 12.4. The van der Waals surface area contributed by atoms with Gasteiger partial charge in [-0.05, 0) is 36.8 Å². The van der Waals surface area contributed by atoms with E-state index in [1.54, 1.807) is 19.1 Å². The van der Waals surface area contributed by atoms with Crippen LogP contribution in [0.3, 0.4) is 0 Å². The maximum atomic E-state index is 12.4. The van der Waals surface area contributed by atoms with Crippen LogP contribution in [-0.2, 0) is 6.54 Å². The molecule has 0 unspecified atom stereocenters. The maximum Gasteiger partial charge on any atom is 0.422 e. The molecule has 9 heteroatoms. The van der Waals surface area contributed by atoms with Crippen molar-refractivity contribution in [2.45, 2.75) is 19.6 Å². The summed E-state index contributed by atoms with van der Waals surface area (Å²) < 4.78 is 41.1. The number of aryl methyl sites for hydroxylation is 1. The monoisotopic (exact) mass is 390 g/mol. The highest BCUT2D eigenvalue weighted by atomic mass is 19.4. The smallest absolute Gasteiger partial charge is 0.422 e. The normalized spacial score (nSPS) is 11.3. The van der Waals surface area contributed by atoms with Crippen molar-refractivity contribution in [2.75, 3.05) is 6.61 Å². The Kier molecular flexibility index (Phi) is 5.62. The summed E-state index contributed by atoms with van der Waals surface area (Å²) in [7, 11) is 0. The Morgan fingerprint density at radius 3 is 2.39 bits per heavy atom. The van der Waals surface area contributed by atoms with Crippen LogP contribution in [-0.4, -0.2) is 33.7 Å². The number of aromatic nitrogens is 3. The molecule has 2 aromatic carbocycles. The first-order valence-corrected chi connectivity index (χ1v) is 8.38. The number of nitrogens with one attached hydrogen (secondary N) is 1. The molecule has 0 aliphatic rings. The minimum Gasteiger partial charge on any atom is -0.484 e. The fourth-order valence-corrected chi connectivity index (χ4v) is 2.40. The number of amides is 1. The van der Waals surface area contributed by atoms with Crippen LogP contribution >= 0.6 is 0 Å². The summed E-state index contributed by atoms with van der Waals surface area (Å²) in [5.74, 6) is -0.286. The average molecular weight is 390 g/mol. The first kappa shape index (κ1) is 19.4. The molecule has 6 nitrogen and oxygen atoms in total. The van der Waals surface area contributed by atoms with Gasteiger partial charge in [0, 0.05) is 6.54 Å². The molecule has 1 aromatic heterocycles. The molecule has 0 radical (unpaired) electrons. The summed E-state index contributed by atoms with van der Waals surface area (Å²) >= 11 is 0. The third kappa shape index (κ3) is 5.09. The molecule has 1 amide bonds. The summed E-state index contributed by atoms with van der Waals surface area (Å²) in [5.41, 5.74) is 2.13. The van der Waals surface area contributed by atoms with Gasteiger partial charge in [0.05, 0.1) is 11.4 Å². The Bertz CT molecular complexity index is 938. The fourth-order valence-electron chi connectivity index (χ4n) is 2.40. The Morgan fingerprint density at radius 2 is 1.75 bits per heavy atom. The van der Waals surface area contributed by atoms with E-state index in [4.69, 9.17) is 0 Å². The predicted octanol–water partition coefficient (Wildman–Crippen LogP) is 3.45. The van der Waals surface area contributed by atoms with Gasteiger partial charge in [-0.25, -0.2) is 0 Å². The minimum absolute atomic E-state index is 0.106. The van der Waals surface area contributed by atoms with Crippen molar-refractivity contribution in [3.63, 3.8) is 0 Å². The van der Waals surface area contributed by atoms with Gasteiger partial charge in [-0.1, -0.05) is 30.3 Å². The molecule has 146 valence electrons. The van der Waals surface area contributed by atoms with Crippen LogP contribution in [0.1, 0.15) is 21.7 Å². The lowest BCUT2D eigenvalue weighted by molar-refractivity contribution is -0.153. The predicted molar refractivity (Wildman–Crippen MR) is 95.3 cm³/mol. The van der Waals surface area contributed by atoms with Crippen molar-refractivity contribution in [3.8, 4) is 11.4 Å². The quantitative estimate of drug-likeness (QED) is 0.700. The summed E-state index contributed by atoms with van der Waals surface area (Å²) in [5, 5.41) is 11.2. The molecule has 3 rings (SSSR count). The number of benzene rings is 2. The Labute approximate surface area is 158 Å². The molecule has 1 N–H and O–H groups in total. The second-order valence-electron chi connectivity index (χ2n) is 5.99. The van der Waals surface area contributed by atoms with Gasteiger partial charge in [0.1, 0.15) is 5.75 Å². The number of carbonyl (C=O) groups excluding carboxylic acids is 1. The van der Waals surface area contributed by atoms with E-state index < -0.39 is 18.7 Å². The summed E-state index contributed by atoms with van der Waals surface area (Å²) in [4.78, 5) is 13.8. The van der Waals surface area contributed by atoms with Crippen molar-refractivity contribution in [1.29, 1.82) is 0 Å². The molecule has 0 saturated carbocycles. The van der Waals surface area contributed by atoms with E-state index in [1.807, 2.05) is 30.3 Å². The van der Waals surface area contributed by atoms with Gasteiger partial charge in [-0.15, -0.1) is 5.10 Å². The molecule has 0 spiro atoms. The first-order valence-electron chi connectivity index (χ1n) is 8.38. The summed E-state index contributed by atoms with van der Waals surface area (Å²) in [6, 6.07) is 15.2. The number of alkyl halides is 3. The highest BCUT2D eigenvalue weighted by Crippen LogP contribution is 2.19. The highest BCUT2D eigenvalue weighted by Gasteiger charge is 2.28. The number of nitrogens with zero attached hydrogens (tertiary/aromatic N) is 3. The number of rotatable bonds is 6. The van der Waals surface area contributed by atoms with Crippen LogP contribution in [0.5, 0.6) is 5.75 Å². The molecule has 28 heavy (non-hydrogen) atoms. The molecule has 0 fully saturated rings. The molecular weight excluding hydrogens is 373 g/mol. The Balaban J connectivity index is 1.59. The van der Waals surface area contributed by atoms with Crippen molar-refractivity contribution >= 4 is 5.91 Å². The number of para-hydroxylation sites is 1. The van der Waals surface area contributed by atoms with Gasteiger partial charge in [0.2, 0.25) is 0 Å². The van der Waals surface area contributed by atoms with Gasteiger partial charge in [-0.3, -0.25) is 4.79 Å². The second kappa shape index (κ2) is 8.12. The number of ether oxygens (including phenoxy) is 1. The lowest BCUT2D eigenvalue weighted by Gasteiger charge is -2.09. The van der Waals surface area contributed by atoms with Gasteiger partial charge in [-0.2, -0.15) is 23.1 Å². The zero-order valence-electron chi connectivity index (χ0n) is 14.9. The van der Waals surface area contributed by atoms with Crippen molar-refractivity contribution in [3.05, 3.63) is 71.5 Å². The zero-order valence-corrected chi connectivity index (χ0v) is 14.9. The van der Waals surface area contributed by atoms with Crippen molar-refractivity contribution in [1.82, 2.24) is 20.3 Å². The summed E-state index contributed by atoms with van der Waals surface area (Å²) in [6.07, 6.45) is -4.39. The van der Waals surface area contributed by atoms with E-state index >= 15 is 0 Å². The largest absolute Gasteiger partial charge is 0.484 e. The number of hydrogen-bond donors (Lipinski definition) is 1. The van der Waals surface area contributed by atoms with Gasteiger partial charge >= 0.3 is 6.18 Å². The molecule has 3 aromatic rings. The lowest BCUT2D eigenvalue weighted by Crippen LogP contribution is -2.24. The van der Waals surface area contributed by atoms with E-state index in [1.165, 1.54) is 16.9 Å². The molecule has 0 saturated heterocycles. The highest BCUT2D eigenvalue weighted by molar-refractivity contribution is 5.93. The number of carbonyl (C=O) groups is 1. The molecule has 0 aliphatic carbocycles. The average Bonchev–Trinajstić information content (AvgIpc) is 3.07. The molecule has 0 atom stereocenters. The minimum atomic E-state index is -4.39. The van der Waals surface area contributed by atoms with Crippen LogP contribution in [0.25, 0.3) is 5.69 Å². The Morgan fingerprint density at radius 1 is 1.07 bits per heavy atom. The second-order valence-corrected chi connectivity index (χ2v) is 5.99. The van der Waals surface area contributed by atoms with Crippen LogP contribution in [0.2, 0.25) is 0 Å².